The van der Waals surface area contributed by atoms with Gasteiger partial charge in [-0.15, -0.1) is 11.8 Å². The van der Waals surface area contributed by atoms with Crippen LogP contribution >= 0.6 is 11.8 Å². The van der Waals surface area contributed by atoms with Crippen molar-refractivity contribution in [3.05, 3.63) is 47.3 Å². The first-order valence-corrected chi connectivity index (χ1v) is 8.60. The molecule has 3 nitrogen and oxygen atoms in total. The van der Waals surface area contributed by atoms with E-state index in [1.165, 1.54) is 16.0 Å². The van der Waals surface area contributed by atoms with Crippen LogP contribution in [0.1, 0.15) is 36.6 Å². The Morgan fingerprint density at radius 3 is 3.00 bits per heavy atom. The van der Waals surface area contributed by atoms with Crippen molar-refractivity contribution in [3.8, 4) is 0 Å². The highest BCUT2D eigenvalue weighted by molar-refractivity contribution is 7.99. The lowest BCUT2D eigenvalue weighted by Crippen LogP contribution is -2.21. The zero-order valence-electron chi connectivity index (χ0n) is 13.0. The van der Waals surface area contributed by atoms with Gasteiger partial charge in [0.1, 0.15) is 0 Å². The Hall–Kier alpha value is -1.26. The highest BCUT2D eigenvalue weighted by atomic mass is 32.2. The predicted molar refractivity (Wildman–Crippen MR) is 88.8 cm³/mol. The van der Waals surface area contributed by atoms with Gasteiger partial charge in [-0.1, -0.05) is 32.0 Å². The van der Waals surface area contributed by atoms with Gasteiger partial charge in [0.15, 0.2) is 0 Å². The largest absolute Gasteiger partial charge is 0.310 e. The van der Waals surface area contributed by atoms with Crippen LogP contribution in [0, 0.1) is 6.92 Å². The third-order valence-electron chi connectivity index (χ3n) is 3.96. The summed E-state index contributed by atoms with van der Waals surface area (Å²) in [7, 11) is 0. The van der Waals surface area contributed by atoms with Crippen LogP contribution < -0.4 is 5.32 Å². The zero-order valence-corrected chi connectivity index (χ0v) is 13.8. The quantitative estimate of drug-likeness (QED) is 0.915. The molecule has 1 N–H and O–H groups in total. The number of thioether (sulfide) groups is 1. The van der Waals surface area contributed by atoms with Gasteiger partial charge in [-0.3, -0.25) is 4.68 Å². The maximum Gasteiger partial charge on any atom is 0.0638 e. The van der Waals surface area contributed by atoms with Gasteiger partial charge in [0.2, 0.25) is 0 Å². The summed E-state index contributed by atoms with van der Waals surface area (Å²) in [5, 5.41) is 8.16. The molecule has 0 spiro atoms. The smallest absolute Gasteiger partial charge is 0.0638 e. The van der Waals surface area contributed by atoms with E-state index >= 15 is 0 Å². The molecular formula is C17H23N3S. The monoisotopic (exact) mass is 301 g/mol. The fourth-order valence-corrected chi connectivity index (χ4v) is 3.99. The standard InChI is InChI=1S/C17H23N3S/c1-12(2)18-8-14-9-20(19-13(14)3)10-15-11-21-17-7-5-4-6-16(15)17/h4-7,9,12,15,18H,8,10-11H2,1-3H3. The topological polar surface area (TPSA) is 29.9 Å². The first kappa shape index (κ1) is 14.7. The first-order valence-electron chi connectivity index (χ1n) is 7.61. The van der Waals surface area contributed by atoms with Crippen molar-refractivity contribution in [2.24, 2.45) is 0 Å². The molecule has 0 aliphatic carbocycles. The van der Waals surface area contributed by atoms with Crippen LogP contribution in [0.4, 0.5) is 0 Å². The van der Waals surface area contributed by atoms with E-state index in [9.17, 15) is 0 Å². The van der Waals surface area contributed by atoms with E-state index in [4.69, 9.17) is 5.10 Å². The lowest BCUT2D eigenvalue weighted by Gasteiger charge is -2.10. The van der Waals surface area contributed by atoms with E-state index < -0.39 is 0 Å². The molecule has 0 bridgehead atoms. The van der Waals surface area contributed by atoms with E-state index in [0.717, 1.165) is 24.5 Å². The van der Waals surface area contributed by atoms with E-state index in [0.29, 0.717) is 12.0 Å². The van der Waals surface area contributed by atoms with Crippen molar-refractivity contribution < 1.29 is 0 Å². The molecule has 0 saturated heterocycles. The Morgan fingerprint density at radius 1 is 1.38 bits per heavy atom. The van der Waals surface area contributed by atoms with Crippen molar-refractivity contribution >= 4 is 11.8 Å². The number of aromatic nitrogens is 2. The fraction of sp³-hybridized carbons (Fsp3) is 0.471. The van der Waals surface area contributed by atoms with Crippen molar-refractivity contribution in [1.82, 2.24) is 15.1 Å². The third-order valence-corrected chi connectivity index (χ3v) is 5.21. The van der Waals surface area contributed by atoms with Crippen molar-refractivity contribution in [1.29, 1.82) is 0 Å². The summed E-state index contributed by atoms with van der Waals surface area (Å²) in [4.78, 5) is 1.44. The minimum absolute atomic E-state index is 0.505. The molecule has 112 valence electrons. The lowest BCUT2D eigenvalue weighted by atomic mass is 10.0. The van der Waals surface area contributed by atoms with Crippen LogP contribution in [-0.4, -0.2) is 21.6 Å². The van der Waals surface area contributed by atoms with Crippen molar-refractivity contribution in [3.63, 3.8) is 0 Å². The summed E-state index contributed by atoms with van der Waals surface area (Å²) in [6.07, 6.45) is 2.20. The van der Waals surface area contributed by atoms with Gasteiger partial charge in [0.05, 0.1) is 5.69 Å². The maximum absolute atomic E-state index is 4.69. The average Bonchev–Trinajstić information content (AvgIpc) is 3.01. The van der Waals surface area contributed by atoms with Crippen molar-refractivity contribution in [2.75, 3.05) is 5.75 Å². The number of hydrogen-bond donors (Lipinski definition) is 1. The molecule has 1 aromatic carbocycles. The van der Waals surface area contributed by atoms with Crippen LogP contribution in [0.2, 0.25) is 0 Å². The van der Waals surface area contributed by atoms with Crippen LogP contribution in [0.3, 0.4) is 0 Å². The number of nitrogens with one attached hydrogen (secondary N) is 1. The van der Waals surface area contributed by atoms with Crippen LogP contribution in [0.25, 0.3) is 0 Å². The van der Waals surface area contributed by atoms with Gasteiger partial charge in [-0.25, -0.2) is 0 Å². The average molecular weight is 301 g/mol. The summed E-state index contributed by atoms with van der Waals surface area (Å²) < 4.78 is 2.12. The lowest BCUT2D eigenvalue weighted by molar-refractivity contribution is 0.545. The van der Waals surface area contributed by atoms with Crippen LogP contribution in [0.15, 0.2) is 35.4 Å². The summed E-state index contributed by atoms with van der Waals surface area (Å²) >= 11 is 1.97. The maximum atomic E-state index is 4.69. The highest BCUT2D eigenvalue weighted by Gasteiger charge is 2.23. The van der Waals surface area contributed by atoms with E-state index in [2.05, 4.69) is 61.2 Å². The SMILES string of the molecule is Cc1nn(CC2CSc3ccccc32)cc1CNC(C)C. The van der Waals surface area contributed by atoms with E-state index in [1.54, 1.807) is 0 Å². The molecule has 1 unspecified atom stereocenters. The number of aryl methyl sites for hydroxylation is 1. The Bertz CT molecular complexity index is 618. The highest BCUT2D eigenvalue weighted by Crippen LogP contribution is 2.39. The molecule has 2 aromatic rings. The van der Waals surface area contributed by atoms with Gasteiger partial charge >= 0.3 is 0 Å². The molecule has 21 heavy (non-hydrogen) atoms. The first-order chi connectivity index (χ1) is 10.1. The molecule has 1 aliphatic heterocycles. The van der Waals surface area contributed by atoms with Crippen LogP contribution in [0.5, 0.6) is 0 Å². The van der Waals surface area contributed by atoms with Gasteiger partial charge in [-0.2, -0.15) is 5.10 Å². The number of hydrogen-bond acceptors (Lipinski definition) is 3. The van der Waals surface area contributed by atoms with Crippen LogP contribution in [-0.2, 0) is 13.1 Å². The number of rotatable bonds is 5. The second-order valence-electron chi connectivity index (χ2n) is 6.04. The minimum Gasteiger partial charge on any atom is -0.310 e. The summed E-state index contributed by atoms with van der Waals surface area (Å²) in [5.41, 5.74) is 3.93. The normalized spacial score (nSPS) is 17.4. The molecule has 1 aliphatic rings. The fourth-order valence-electron chi connectivity index (χ4n) is 2.75. The Balaban J connectivity index is 1.70. The third kappa shape index (κ3) is 3.33. The summed E-state index contributed by atoms with van der Waals surface area (Å²) in [6, 6.07) is 9.27. The van der Waals surface area contributed by atoms with E-state index in [-0.39, 0.29) is 0 Å². The molecule has 0 saturated carbocycles. The van der Waals surface area contributed by atoms with Gasteiger partial charge in [0.25, 0.3) is 0 Å². The molecule has 1 atom stereocenters. The Kier molecular flexibility index (Phi) is 4.36. The number of fused-ring (bicyclic) bond motifs is 1. The molecule has 4 heteroatoms. The molecule has 0 amide bonds. The molecule has 3 rings (SSSR count). The van der Waals surface area contributed by atoms with Gasteiger partial charge < -0.3 is 5.32 Å². The zero-order chi connectivity index (χ0) is 14.8. The molecule has 2 heterocycles. The molecule has 1 aromatic heterocycles. The minimum atomic E-state index is 0.505. The summed E-state index contributed by atoms with van der Waals surface area (Å²) in [6.45, 7) is 8.33. The molecule has 0 fully saturated rings. The molecular weight excluding hydrogens is 278 g/mol. The Morgan fingerprint density at radius 2 is 2.19 bits per heavy atom. The second-order valence-corrected chi connectivity index (χ2v) is 7.10. The van der Waals surface area contributed by atoms with Crippen molar-refractivity contribution in [2.45, 2.75) is 50.7 Å². The Labute approximate surface area is 131 Å². The summed E-state index contributed by atoms with van der Waals surface area (Å²) in [5.74, 6) is 1.74. The predicted octanol–water partition coefficient (Wildman–Crippen LogP) is 3.58. The number of nitrogens with zero attached hydrogens (tertiary/aromatic N) is 2. The molecule has 0 radical (unpaired) electrons. The van der Waals surface area contributed by atoms with Gasteiger partial charge in [-0.05, 0) is 18.6 Å². The van der Waals surface area contributed by atoms with E-state index in [1.807, 2.05) is 11.8 Å². The number of benzene rings is 1. The second kappa shape index (κ2) is 6.24. The van der Waals surface area contributed by atoms with Gasteiger partial charge in [0, 0.05) is 47.5 Å².